The zero-order valence-corrected chi connectivity index (χ0v) is 12.0. The predicted octanol–water partition coefficient (Wildman–Crippen LogP) is 2.43. The lowest BCUT2D eigenvalue weighted by molar-refractivity contribution is 0.475. The van der Waals surface area contributed by atoms with E-state index in [1.807, 2.05) is 30.3 Å². The van der Waals surface area contributed by atoms with Crippen LogP contribution >= 0.6 is 0 Å². The van der Waals surface area contributed by atoms with Crippen LogP contribution < -0.4 is 5.43 Å². The van der Waals surface area contributed by atoms with Crippen LogP contribution in [-0.2, 0) is 0 Å². The number of hydrazone groups is 1. The van der Waals surface area contributed by atoms with Crippen molar-refractivity contribution < 1.29 is 5.11 Å². The fourth-order valence-corrected chi connectivity index (χ4v) is 2.37. The van der Waals surface area contributed by atoms with Gasteiger partial charge in [0, 0.05) is 5.56 Å². The molecule has 0 spiro atoms. The highest BCUT2D eigenvalue weighted by molar-refractivity contribution is 6.02. The summed E-state index contributed by atoms with van der Waals surface area (Å²) in [4.78, 5) is 0. The molecule has 0 saturated heterocycles. The molecule has 2 aromatic carbocycles. The zero-order chi connectivity index (χ0) is 15.6. The molecule has 0 atom stereocenters. The Labute approximate surface area is 130 Å². The van der Waals surface area contributed by atoms with Gasteiger partial charge in [-0.2, -0.15) is 9.62 Å². The lowest BCUT2D eigenvalue weighted by Gasteiger charge is -2.05. The first-order valence-electron chi connectivity index (χ1n) is 6.98. The van der Waals surface area contributed by atoms with Crippen molar-refractivity contribution in [3.05, 3.63) is 60.4 Å². The minimum Gasteiger partial charge on any atom is -0.507 e. The quantitative estimate of drug-likeness (QED) is 0.448. The van der Waals surface area contributed by atoms with Crippen LogP contribution in [0.25, 0.3) is 16.4 Å². The second-order valence-corrected chi connectivity index (χ2v) is 4.94. The van der Waals surface area contributed by atoms with Crippen LogP contribution in [0.2, 0.25) is 0 Å². The van der Waals surface area contributed by atoms with E-state index in [4.69, 9.17) is 0 Å². The molecule has 0 radical (unpaired) electrons. The van der Waals surface area contributed by atoms with E-state index in [0.29, 0.717) is 17.0 Å². The normalized spacial score (nSPS) is 11.5. The van der Waals surface area contributed by atoms with E-state index in [1.54, 1.807) is 28.9 Å². The number of benzene rings is 2. The van der Waals surface area contributed by atoms with Gasteiger partial charge in [-0.1, -0.05) is 30.3 Å². The molecule has 2 aromatic heterocycles. The molecule has 0 saturated carbocycles. The maximum atomic E-state index is 10.1. The molecular weight excluding hydrogens is 292 g/mol. The molecule has 0 aliphatic rings. The van der Waals surface area contributed by atoms with Crippen LogP contribution in [0.1, 0.15) is 5.56 Å². The lowest BCUT2D eigenvalue weighted by Crippen LogP contribution is -1.98. The second kappa shape index (κ2) is 5.38. The van der Waals surface area contributed by atoms with E-state index in [9.17, 15) is 5.11 Å². The highest BCUT2D eigenvalue weighted by Crippen LogP contribution is 2.25. The summed E-state index contributed by atoms with van der Waals surface area (Å²) in [6.07, 6.45) is 3.09. The van der Waals surface area contributed by atoms with Crippen molar-refractivity contribution in [2.45, 2.75) is 0 Å². The first kappa shape index (κ1) is 13.2. The molecule has 4 aromatic rings. The summed E-state index contributed by atoms with van der Waals surface area (Å²) in [6, 6.07) is 14.9. The van der Waals surface area contributed by atoms with Gasteiger partial charge in [-0.3, -0.25) is 5.43 Å². The van der Waals surface area contributed by atoms with Crippen LogP contribution in [0, 0.1) is 0 Å². The Hall–Kier alpha value is -3.48. The number of nitrogens with zero attached hydrogens (tertiary/aromatic N) is 5. The Kier molecular flexibility index (Phi) is 3.09. The van der Waals surface area contributed by atoms with E-state index in [0.717, 1.165) is 10.8 Å². The van der Waals surface area contributed by atoms with Gasteiger partial charge in [-0.05, 0) is 29.0 Å². The molecule has 2 heterocycles. The van der Waals surface area contributed by atoms with Crippen LogP contribution in [0.3, 0.4) is 0 Å². The molecule has 0 unspecified atom stereocenters. The third kappa shape index (κ3) is 2.44. The summed E-state index contributed by atoms with van der Waals surface area (Å²) in [6.45, 7) is 0. The van der Waals surface area contributed by atoms with Crippen molar-refractivity contribution in [1.82, 2.24) is 19.8 Å². The summed E-state index contributed by atoms with van der Waals surface area (Å²) in [7, 11) is 0. The molecule has 7 nitrogen and oxygen atoms in total. The highest BCUT2D eigenvalue weighted by atomic mass is 16.3. The molecule has 0 aliphatic heterocycles. The van der Waals surface area contributed by atoms with E-state index in [2.05, 4.69) is 25.8 Å². The van der Waals surface area contributed by atoms with Gasteiger partial charge in [0.25, 0.3) is 0 Å². The molecule has 112 valence electrons. The standard InChI is InChI=1S/C16H12N6O/c23-14-6-5-11-3-1-2-4-12(11)13(14)9-17-19-15-7-8-16-20-18-10-22(16)21-15/h1-10,23H,(H,19,21)/b17-9+. The summed E-state index contributed by atoms with van der Waals surface area (Å²) in [5.74, 6) is 0.727. The van der Waals surface area contributed by atoms with E-state index in [-0.39, 0.29) is 5.75 Å². The number of aromatic hydroxyl groups is 1. The van der Waals surface area contributed by atoms with E-state index < -0.39 is 0 Å². The first-order valence-corrected chi connectivity index (χ1v) is 6.98. The monoisotopic (exact) mass is 304 g/mol. The number of hydrogen-bond acceptors (Lipinski definition) is 6. The van der Waals surface area contributed by atoms with Crippen molar-refractivity contribution in [3.8, 4) is 5.75 Å². The molecular formula is C16H12N6O. The number of hydrogen-bond donors (Lipinski definition) is 2. The third-order valence-electron chi connectivity index (χ3n) is 3.48. The Bertz CT molecular complexity index is 1020. The predicted molar refractivity (Wildman–Crippen MR) is 87.6 cm³/mol. The Morgan fingerprint density at radius 3 is 2.96 bits per heavy atom. The molecule has 0 amide bonds. The van der Waals surface area contributed by atoms with Crippen molar-refractivity contribution in [2.24, 2.45) is 5.10 Å². The first-order chi connectivity index (χ1) is 11.3. The minimum atomic E-state index is 0.177. The smallest absolute Gasteiger partial charge is 0.177 e. The SMILES string of the molecule is Oc1ccc2ccccc2c1/C=N/Nc1ccc2nncn2n1. The fourth-order valence-electron chi connectivity index (χ4n) is 2.37. The number of phenols is 1. The molecule has 0 fully saturated rings. The second-order valence-electron chi connectivity index (χ2n) is 4.94. The zero-order valence-electron chi connectivity index (χ0n) is 12.0. The van der Waals surface area contributed by atoms with Crippen LogP contribution in [0.5, 0.6) is 5.75 Å². The fraction of sp³-hybridized carbons (Fsp3) is 0. The van der Waals surface area contributed by atoms with Gasteiger partial charge in [-0.25, -0.2) is 0 Å². The number of aromatic nitrogens is 4. The average molecular weight is 304 g/mol. The van der Waals surface area contributed by atoms with E-state index in [1.165, 1.54) is 6.33 Å². The maximum Gasteiger partial charge on any atom is 0.177 e. The topological polar surface area (TPSA) is 87.7 Å². The minimum absolute atomic E-state index is 0.177. The average Bonchev–Trinajstić information content (AvgIpc) is 3.04. The number of fused-ring (bicyclic) bond motifs is 2. The number of phenolic OH excluding ortho intramolecular Hbond substituents is 1. The third-order valence-corrected chi connectivity index (χ3v) is 3.48. The van der Waals surface area contributed by atoms with Crippen molar-refractivity contribution >= 4 is 28.5 Å². The molecule has 4 rings (SSSR count). The lowest BCUT2D eigenvalue weighted by atomic mass is 10.0. The van der Waals surface area contributed by atoms with Crippen LogP contribution in [0.15, 0.2) is 60.0 Å². The molecule has 2 N–H and O–H groups in total. The highest BCUT2D eigenvalue weighted by Gasteiger charge is 2.04. The largest absolute Gasteiger partial charge is 0.507 e. The summed E-state index contributed by atoms with van der Waals surface area (Å²) >= 11 is 0. The Morgan fingerprint density at radius 2 is 2.00 bits per heavy atom. The van der Waals surface area contributed by atoms with Crippen molar-refractivity contribution in [3.63, 3.8) is 0 Å². The number of rotatable bonds is 3. The molecule has 0 bridgehead atoms. The van der Waals surface area contributed by atoms with Gasteiger partial charge in [-0.15, -0.1) is 15.3 Å². The van der Waals surface area contributed by atoms with Gasteiger partial charge in [0.2, 0.25) is 0 Å². The van der Waals surface area contributed by atoms with Gasteiger partial charge in [0.1, 0.15) is 12.1 Å². The number of nitrogens with one attached hydrogen (secondary N) is 1. The van der Waals surface area contributed by atoms with Gasteiger partial charge in [0.05, 0.1) is 6.21 Å². The summed E-state index contributed by atoms with van der Waals surface area (Å²) in [5, 5.41) is 28.1. The molecule has 23 heavy (non-hydrogen) atoms. The molecule has 0 aliphatic carbocycles. The van der Waals surface area contributed by atoms with Crippen molar-refractivity contribution in [1.29, 1.82) is 0 Å². The summed E-state index contributed by atoms with van der Waals surface area (Å²) in [5.41, 5.74) is 4.15. The van der Waals surface area contributed by atoms with Gasteiger partial charge in [0.15, 0.2) is 11.5 Å². The van der Waals surface area contributed by atoms with E-state index >= 15 is 0 Å². The summed E-state index contributed by atoms with van der Waals surface area (Å²) < 4.78 is 1.55. The maximum absolute atomic E-state index is 10.1. The Morgan fingerprint density at radius 1 is 1.09 bits per heavy atom. The van der Waals surface area contributed by atoms with Crippen LogP contribution in [-0.4, -0.2) is 31.1 Å². The number of anilines is 1. The van der Waals surface area contributed by atoms with Gasteiger partial charge < -0.3 is 5.11 Å². The van der Waals surface area contributed by atoms with Crippen molar-refractivity contribution in [2.75, 3.05) is 5.43 Å². The molecule has 7 heteroatoms. The Balaban J connectivity index is 1.64. The van der Waals surface area contributed by atoms with Gasteiger partial charge >= 0.3 is 0 Å². The van der Waals surface area contributed by atoms with Crippen LogP contribution in [0.4, 0.5) is 5.82 Å².